The molecule has 3 rings (SSSR count). The van der Waals surface area contributed by atoms with Gasteiger partial charge < -0.3 is 10.1 Å². The number of sulfonamides is 1. The van der Waals surface area contributed by atoms with Gasteiger partial charge in [0.2, 0.25) is 5.88 Å². The quantitative estimate of drug-likeness (QED) is 0.384. The maximum absolute atomic E-state index is 12.3. The minimum atomic E-state index is -3.69. The Morgan fingerprint density at radius 3 is 2.48 bits per heavy atom. The van der Waals surface area contributed by atoms with E-state index in [0.717, 1.165) is 30.6 Å². The Balaban J connectivity index is 1.56. The molecule has 0 fully saturated rings. The molecular formula is C21H22ClN3O4S2. The first-order valence-corrected chi connectivity index (χ1v) is 12.4. The van der Waals surface area contributed by atoms with Crippen LogP contribution in [0, 0.1) is 0 Å². The summed E-state index contributed by atoms with van der Waals surface area (Å²) in [5.41, 5.74) is 0.849. The molecule has 2 heterocycles. The predicted octanol–water partition coefficient (Wildman–Crippen LogP) is 5.31. The summed E-state index contributed by atoms with van der Waals surface area (Å²) in [5.74, 6) is 0.634. The second kappa shape index (κ2) is 10.6. The number of hydrogen-bond acceptors (Lipinski definition) is 6. The zero-order valence-electron chi connectivity index (χ0n) is 16.8. The lowest BCUT2D eigenvalue weighted by Crippen LogP contribution is -2.24. The summed E-state index contributed by atoms with van der Waals surface area (Å²) < 4.78 is 33.4. The molecule has 0 atom stereocenters. The lowest BCUT2D eigenvalue weighted by molar-refractivity contribution is 0.0952. The highest BCUT2D eigenvalue weighted by atomic mass is 35.5. The van der Waals surface area contributed by atoms with Crippen molar-refractivity contribution in [1.82, 2.24) is 10.3 Å². The van der Waals surface area contributed by atoms with Crippen LogP contribution >= 0.6 is 22.9 Å². The largest absolute Gasteiger partial charge is 0.439 e. The van der Waals surface area contributed by atoms with Gasteiger partial charge in [0, 0.05) is 24.5 Å². The van der Waals surface area contributed by atoms with Crippen LogP contribution in [0.3, 0.4) is 0 Å². The number of rotatable bonds is 10. The second-order valence-corrected chi connectivity index (χ2v) is 10.3. The van der Waals surface area contributed by atoms with E-state index in [4.69, 9.17) is 16.3 Å². The second-order valence-electron chi connectivity index (χ2n) is 6.64. The van der Waals surface area contributed by atoms with E-state index in [1.54, 1.807) is 36.4 Å². The number of nitrogens with zero attached hydrogens (tertiary/aromatic N) is 1. The number of unbranched alkanes of at least 4 members (excludes halogenated alkanes) is 2. The van der Waals surface area contributed by atoms with Crippen molar-refractivity contribution in [3.8, 4) is 11.6 Å². The molecule has 1 amide bonds. The smallest absolute Gasteiger partial charge is 0.271 e. The molecule has 0 aliphatic heterocycles. The zero-order chi connectivity index (χ0) is 22.3. The lowest BCUT2D eigenvalue weighted by atomic mass is 10.2. The van der Waals surface area contributed by atoms with Gasteiger partial charge in [0.25, 0.3) is 15.9 Å². The fourth-order valence-corrected chi connectivity index (χ4v) is 5.15. The van der Waals surface area contributed by atoms with Crippen molar-refractivity contribution in [2.24, 2.45) is 0 Å². The van der Waals surface area contributed by atoms with Gasteiger partial charge in [-0.25, -0.2) is 13.4 Å². The molecule has 1 aromatic carbocycles. The molecule has 0 saturated heterocycles. The van der Waals surface area contributed by atoms with Gasteiger partial charge in [-0.05, 0) is 48.9 Å². The molecule has 0 aliphatic carbocycles. The van der Waals surface area contributed by atoms with Gasteiger partial charge in [-0.2, -0.15) is 0 Å². The van der Waals surface area contributed by atoms with E-state index >= 15 is 0 Å². The molecule has 0 unspecified atom stereocenters. The number of nitrogens with one attached hydrogen (secondary N) is 2. The fraction of sp³-hybridized carbons (Fsp3) is 0.238. The van der Waals surface area contributed by atoms with Crippen LogP contribution in [0.2, 0.25) is 4.34 Å². The molecule has 0 spiro atoms. The summed E-state index contributed by atoms with van der Waals surface area (Å²) in [6.45, 7) is 2.75. The molecule has 0 bridgehead atoms. The molecule has 2 aromatic heterocycles. The molecule has 0 saturated carbocycles. The highest BCUT2D eigenvalue weighted by Crippen LogP contribution is 2.28. The Kier molecular flexibility index (Phi) is 7.89. The first kappa shape index (κ1) is 23.1. The van der Waals surface area contributed by atoms with Crippen LogP contribution in [0.1, 0.15) is 36.5 Å². The molecular weight excluding hydrogens is 458 g/mol. The van der Waals surface area contributed by atoms with Crippen LogP contribution in [0.25, 0.3) is 0 Å². The van der Waals surface area contributed by atoms with Crippen molar-refractivity contribution < 1.29 is 17.9 Å². The molecule has 0 aliphatic rings. The van der Waals surface area contributed by atoms with E-state index in [1.807, 2.05) is 0 Å². The van der Waals surface area contributed by atoms with Crippen molar-refractivity contribution in [3.63, 3.8) is 0 Å². The zero-order valence-corrected chi connectivity index (χ0v) is 19.2. The Hall–Kier alpha value is -2.62. The summed E-state index contributed by atoms with van der Waals surface area (Å²) >= 11 is 6.79. The summed E-state index contributed by atoms with van der Waals surface area (Å²) in [6, 6.07) is 12.6. The number of ether oxygens (including phenoxy) is 1. The van der Waals surface area contributed by atoms with Gasteiger partial charge in [-0.3, -0.25) is 9.52 Å². The van der Waals surface area contributed by atoms with Crippen molar-refractivity contribution in [3.05, 3.63) is 64.6 Å². The molecule has 31 heavy (non-hydrogen) atoms. The summed E-state index contributed by atoms with van der Waals surface area (Å²) in [7, 11) is -3.69. The van der Waals surface area contributed by atoms with Gasteiger partial charge in [0.1, 0.15) is 9.96 Å². The molecule has 10 heteroatoms. The summed E-state index contributed by atoms with van der Waals surface area (Å²) in [6.07, 6.45) is 4.58. The number of carbonyl (C=O) groups is 1. The van der Waals surface area contributed by atoms with Crippen molar-refractivity contribution in [2.45, 2.75) is 30.4 Å². The normalized spacial score (nSPS) is 11.2. The van der Waals surface area contributed by atoms with Crippen molar-refractivity contribution in [2.75, 3.05) is 11.3 Å². The number of carbonyl (C=O) groups excluding carboxylic acids is 1. The van der Waals surface area contributed by atoms with Crippen LogP contribution in [-0.2, 0) is 10.0 Å². The van der Waals surface area contributed by atoms with Gasteiger partial charge >= 0.3 is 0 Å². The fourth-order valence-electron chi connectivity index (χ4n) is 2.61. The first-order valence-electron chi connectivity index (χ1n) is 9.68. The number of benzene rings is 1. The molecule has 7 nitrogen and oxygen atoms in total. The van der Waals surface area contributed by atoms with Gasteiger partial charge in [0.15, 0.2) is 0 Å². The summed E-state index contributed by atoms with van der Waals surface area (Å²) in [4.78, 5) is 16.2. The maximum Gasteiger partial charge on any atom is 0.271 e. The molecule has 2 N–H and O–H groups in total. The monoisotopic (exact) mass is 479 g/mol. The van der Waals surface area contributed by atoms with E-state index < -0.39 is 10.0 Å². The van der Waals surface area contributed by atoms with E-state index in [0.29, 0.717) is 33.8 Å². The van der Waals surface area contributed by atoms with Crippen LogP contribution < -0.4 is 14.8 Å². The number of hydrogen-bond donors (Lipinski definition) is 2. The van der Waals surface area contributed by atoms with Gasteiger partial charge in [-0.15, -0.1) is 11.3 Å². The summed E-state index contributed by atoms with van der Waals surface area (Å²) in [5, 5.41) is 2.86. The van der Waals surface area contributed by atoms with Gasteiger partial charge in [-0.1, -0.05) is 31.4 Å². The highest BCUT2D eigenvalue weighted by molar-refractivity contribution is 7.94. The first-order chi connectivity index (χ1) is 14.9. The third-order valence-electron chi connectivity index (χ3n) is 4.21. The number of anilines is 1. The minimum Gasteiger partial charge on any atom is -0.439 e. The number of amides is 1. The van der Waals surface area contributed by atoms with Crippen LogP contribution in [0.5, 0.6) is 11.6 Å². The van der Waals surface area contributed by atoms with Crippen LogP contribution in [0.15, 0.2) is 58.9 Å². The number of aromatic nitrogens is 1. The topological polar surface area (TPSA) is 97.4 Å². The average Bonchev–Trinajstić information content (AvgIpc) is 3.20. The minimum absolute atomic E-state index is 0.136. The van der Waals surface area contributed by atoms with E-state index in [2.05, 4.69) is 21.9 Å². The highest BCUT2D eigenvalue weighted by Gasteiger charge is 2.16. The maximum atomic E-state index is 12.3. The van der Waals surface area contributed by atoms with Crippen LogP contribution in [0.4, 0.5) is 5.69 Å². The Bertz CT molecular complexity index is 1110. The standard InChI is InChI=1S/C21H22ClN3O4S2/c1-2-3-4-13-23-21(26)15-5-11-19(24-14-15)29-17-8-6-16(7-9-17)25-31(27,28)20-12-10-18(22)30-20/h5-12,14,25H,2-4,13H2,1H3,(H,23,26). The van der Waals surface area contributed by atoms with Crippen LogP contribution in [-0.4, -0.2) is 25.9 Å². The molecule has 3 aromatic rings. The van der Waals surface area contributed by atoms with Crippen molar-refractivity contribution >= 4 is 44.6 Å². The third kappa shape index (κ3) is 6.68. The molecule has 164 valence electrons. The Labute approximate surface area is 190 Å². The predicted molar refractivity (Wildman–Crippen MR) is 123 cm³/mol. The number of thiophene rings is 1. The third-order valence-corrected chi connectivity index (χ3v) is 7.31. The SMILES string of the molecule is CCCCCNC(=O)c1ccc(Oc2ccc(NS(=O)(=O)c3ccc(Cl)s3)cc2)nc1. The Morgan fingerprint density at radius 1 is 1.10 bits per heavy atom. The Morgan fingerprint density at radius 2 is 1.87 bits per heavy atom. The molecule has 0 radical (unpaired) electrons. The lowest BCUT2D eigenvalue weighted by Gasteiger charge is -2.09. The van der Waals surface area contributed by atoms with E-state index in [1.165, 1.54) is 18.3 Å². The number of halogens is 1. The number of pyridine rings is 1. The van der Waals surface area contributed by atoms with Gasteiger partial charge in [0.05, 0.1) is 9.90 Å². The van der Waals surface area contributed by atoms with E-state index in [-0.39, 0.29) is 10.1 Å². The van der Waals surface area contributed by atoms with Crippen molar-refractivity contribution in [1.29, 1.82) is 0 Å². The van der Waals surface area contributed by atoms with E-state index in [9.17, 15) is 13.2 Å². The average molecular weight is 480 g/mol.